The third-order valence-electron chi connectivity index (χ3n) is 4.28. The molecule has 0 fully saturated rings. The molecule has 2 aromatic rings. The van der Waals surface area contributed by atoms with E-state index in [9.17, 15) is 0 Å². The van der Waals surface area contributed by atoms with E-state index in [0.29, 0.717) is 5.92 Å². The molecule has 0 unspecified atom stereocenters. The summed E-state index contributed by atoms with van der Waals surface area (Å²) in [5, 5.41) is 0. The maximum atomic E-state index is 2.29. The predicted molar refractivity (Wildman–Crippen MR) is 80.2 cm³/mol. The van der Waals surface area contributed by atoms with E-state index >= 15 is 0 Å². The Balaban J connectivity index is 0.00000121. The van der Waals surface area contributed by atoms with E-state index in [4.69, 9.17) is 0 Å². The van der Waals surface area contributed by atoms with E-state index in [1.807, 2.05) is 0 Å². The number of halogens is 3. The molecule has 4 heteroatoms. The summed E-state index contributed by atoms with van der Waals surface area (Å²) in [6.45, 7) is 0. The second kappa shape index (κ2) is 9.85. The van der Waals surface area contributed by atoms with E-state index in [-0.39, 0.29) is 63.4 Å². The van der Waals surface area contributed by atoms with Crippen molar-refractivity contribution in [1.29, 1.82) is 0 Å². The number of allylic oxidation sites excluding steroid dienone is 4. The molecule has 0 aliphatic heterocycles. The molecule has 0 nitrogen and oxygen atoms in total. The van der Waals surface area contributed by atoms with Gasteiger partial charge in [-0.15, -0.1) is 0 Å². The zero-order chi connectivity index (χ0) is 12.7. The molecular formula is C19H16Cl3Zr-. The molecule has 0 saturated carbocycles. The van der Waals surface area contributed by atoms with Gasteiger partial charge in [0.1, 0.15) is 0 Å². The summed E-state index contributed by atoms with van der Waals surface area (Å²) < 4.78 is 0. The molecular weight excluding hydrogens is 426 g/mol. The van der Waals surface area contributed by atoms with E-state index in [2.05, 4.69) is 66.8 Å². The molecule has 0 amide bonds. The predicted octanol–water partition coefficient (Wildman–Crippen LogP) is -3.92. The Labute approximate surface area is 175 Å². The minimum Gasteiger partial charge on any atom is -1.00 e. The molecule has 2 aliphatic carbocycles. The number of fused-ring (bicyclic) bond motifs is 3. The van der Waals surface area contributed by atoms with Gasteiger partial charge < -0.3 is 37.2 Å². The third-order valence-corrected chi connectivity index (χ3v) is 4.28. The Kier molecular flexibility index (Phi) is 9.71. The molecule has 0 aromatic heterocycles. The Morgan fingerprint density at radius 3 is 1.78 bits per heavy atom. The van der Waals surface area contributed by atoms with Crippen LogP contribution in [0.4, 0.5) is 0 Å². The summed E-state index contributed by atoms with van der Waals surface area (Å²) >= 11 is 0. The van der Waals surface area contributed by atoms with Crippen molar-refractivity contribution in [1.82, 2.24) is 0 Å². The zero-order valence-electron chi connectivity index (χ0n) is 12.5. The molecule has 2 aliphatic rings. The van der Waals surface area contributed by atoms with Crippen molar-refractivity contribution < 1.29 is 63.4 Å². The van der Waals surface area contributed by atoms with Gasteiger partial charge in [0.2, 0.25) is 0 Å². The van der Waals surface area contributed by atoms with E-state index in [0.717, 1.165) is 12.8 Å². The van der Waals surface area contributed by atoms with Crippen LogP contribution in [-0.2, 0) is 26.2 Å². The third kappa shape index (κ3) is 4.20. The van der Waals surface area contributed by atoms with Gasteiger partial charge in [-0.05, 0) is 35.1 Å². The molecule has 0 heterocycles. The van der Waals surface area contributed by atoms with Gasteiger partial charge in [-0.1, -0.05) is 72.3 Å². The van der Waals surface area contributed by atoms with Crippen LogP contribution in [0.2, 0.25) is 0 Å². The van der Waals surface area contributed by atoms with Crippen molar-refractivity contribution >= 4 is 0 Å². The zero-order valence-corrected chi connectivity index (χ0v) is 17.2. The fourth-order valence-electron chi connectivity index (χ4n) is 3.38. The first-order valence-electron chi connectivity index (χ1n) is 6.96. The van der Waals surface area contributed by atoms with Crippen LogP contribution < -0.4 is 37.2 Å². The van der Waals surface area contributed by atoms with E-state index in [1.54, 1.807) is 5.57 Å². The molecule has 4 rings (SSSR count). The molecule has 2 aromatic carbocycles. The molecule has 23 heavy (non-hydrogen) atoms. The molecule has 0 radical (unpaired) electrons. The average Bonchev–Trinajstić information content (AvgIpc) is 3.08. The van der Waals surface area contributed by atoms with Crippen molar-refractivity contribution in [2.45, 2.75) is 18.8 Å². The fraction of sp³-hybridized carbons (Fsp3) is 0.158. The van der Waals surface area contributed by atoms with Gasteiger partial charge in [-0.2, -0.15) is 0 Å². The Bertz CT molecular complexity index is 662. The Morgan fingerprint density at radius 2 is 1.30 bits per heavy atom. The standard InChI is InChI=1S/C19H16.3ClH.Zr/c1-2-8-14(7-1)13-19-17-11-5-3-9-15(17)16-10-4-6-12-18(16)19;;;;/h1-7,9-12,19H,8,13H2;3*1H;/q;;;;+2/p-3. The maximum absolute atomic E-state index is 2.29. The first-order chi connectivity index (χ1) is 9.43. The first kappa shape index (κ1) is 22.7. The van der Waals surface area contributed by atoms with Crippen molar-refractivity contribution in [2.24, 2.45) is 0 Å². The summed E-state index contributed by atoms with van der Waals surface area (Å²) in [7, 11) is 0. The number of rotatable bonds is 2. The number of hydrogen-bond acceptors (Lipinski definition) is 0. The first-order valence-corrected chi connectivity index (χ1v) is 6.96. The van der Waals surface area contributed by atoms with Crippen molar-refractivity contribution in [3.63, 3.8) is 0 Å². The monoisotopic (exact) mass is 439 g/mol. The summed E-state index contributed by atoms with van der Waals surface area (Å²) in [6, 6.07) is 17.7. The van der Waals surface area contributed by atoms with E-state index in [1.165, 1.54) is 22.3 Å². The van der Waals surface area contributed by atoms with Gasteiger partial charge in [-0.25, -0.2) is 0 Å². The van der Waals surface area contributed by atoms with Crippen LogP contribution in [0.25, 0.3) is 11.1 Å². The van der Waals surface area contributed by atoms with Gasteiger partial charge >= 0.3 is 26.2 Å². The topological polar surface area (TPSA) is 0 Å². The smallest absolute Gasteiger partial charge is 1.00 e. The molecule has 0 bridgehead atoms. The second-order valence-electron chi connectivity index (χ2n) is 5.39. The van der Waals surface area contributed by atoms with Crippen LogP contribution in [-0.4, -0.2) is 0 Å². The molecule has 0 saturated heterocycles. The van der Waals surface area contributed by atoms with E-state index < -0.39 is 0 Å². The largest absolute Gasteiger partial charge is 2.00 e. The van der Waals surface area contributed by atoms with Crippen LogP contribution >= 0.6 is 0 Å². The quantitative estimate of drug-likeness (QED) is 0.447. The van der Waals surface area contributed by atoms with Gasteiger partial charge in [0.05, 0.1) is 0 Å². The number of hydrogen-bond donors (Lipinski definition) is 0. The Hall–Kier alpha value is -0.327. The SMILES string of the molecule is C1=CCC(CC2c3ccccc3-c3ccccc32)=C1.[Cl-].[Cl-].[Cl-].[Zr+2]. The fourth-order valence-corrected chi connectivity index (χ4v) is 3.38. The molecule has 0 atom stereocenters. The molecule has 118 valence electrons. The summed E-state index contributed by atoms with van der Waals surface area (Å²) in [5.41, 5.74) is 7.40. The molecule has 0 N–H and O–H groups in total. The van der Waals surface area contributed by atoms with Gasteiger partial charge in [0.15, 0.2) is 0 Å². The summed E-state index contributed by atoms with van der Waals surface area (Å²) in [6.07, 6.45) is 9.00. The second-order valence-corrected chi connectivity index (χ2v) is 5.39. The normalized spacial score (nSPS) is 13.5. The minimum atomic E-state index is 0. The summed E-state index contributed by atoms with van der Waals surface area (Å²) in [5.74, 6) is 0.540. The summed E-state index contributed by atoms with van der Waals surface area (Å²) in [4.78, 5) is 0. The van der Waals surface area contributed by atoms with Crippen LogP contribution in [0, 0.1) is 0 Å². The van der Waals surface area contributed by atoms with Gasteiger partial charge in [0, 0.05) is 5.92 Å². The van der Waals surface area contributed by atoms with Crippen LogP contribution in [0.1, 0.15) is 29.9 Å². The Morgan fingerprint density at radius 1 is 0.783 bits per heavy atom. The number of benzene rings is 2. The average molecular weight is 442 g/mol. The molecule has 0 spiro atoms. The van der Waals surface area contributed by atoms with Gasteiger partial charge in [0.25, 0.3) is 0 Å². The van der Waals surface area contributed by atoms with Crippen LogP contribution in [0.15, 0.2) is 72.3 Å². The van der Waals surface area contributed by atoms with Gasteiger partial charge in [-0.3, -0.25) is 0 Å². The van der Waals surface area contributed by atoms with Crippen molar-refractivity contribution in [3.8, 4) is 11.1 Å². The maximum Gasteiger partial charge on any atom is 2.00 e. The van der Waals surface area contributed by atoms with Crippen molar-refractivity contribution in [2.75, 3.05) is 0 Å². The minimum absolute atomic E-state index is 0. The van der Waals surface area contributed by atoms with Crippen molar-refractivity contribution in [3.05, 3.63) is 83.5 Å². The van der Waals surface area contributed by atoms with Crippen LogP contribution in [0.3, 0.4) is 0 Å². The van der Waals surface area contributed by atoms with Crippen LogP contribution in [0.5, 0.6) is 0 Å².